The maximum Gasteiger partial charge on any atom is 0.220 e. The molecule has 1 amide bonds. The molecule has 94 valence electrons. The fourth-order valence-electron chi connectivity index (χ4n) is 2.32. The number of aliphatic hydroxyl groups excluding tert-OH is 1. The van der Waals surface area contributed by atoms with Crippen LogP contribution in [0.1, 0.15) is 38.5 Å². The Kier molecular flexibility index (Phi) is 6.42. The third-order valence-electron chi connectivity index (χ3n) is 3.16. The summed E-state index contributed by atoms with van der Waals surface area (Å²) < 4.78 is 5.00. The molecule has 0 saturated heterocycles. The number of hydrogen-bond donors (Lipinski definition) is 2. The predicted octanol–water partition coefficient (Wildman–Crippen LogP) is 1.08. The van der Waals surface area contributed by atoms with E-state index in [0.29, 0.717) is 25.4 Å². The van der Waals surface area contributed by atoms with Gasteiger partial charge in [0.1, 0.15) is 0 Å². The van der Waals surface area contributed by atoms with Crippen molar-refractivity contribution < 1.29 is 14.6 Å². The highest BCUT2D eigenvalue weighted by Gasteiger charge is 2.20. The van der Waals surface area contributed by atoms with Gasteiger partial charge in [0.25, 0.3) is 0 Å². The number of ether oxygens (including phenoxy) is 1. The Morgan fingerprint density at radius 1 is 1.50 bits per heavy atom. The number of hydrogen-bond acceptors (Lipinski definition) is 3. The first kappa shape index (κ1) is 13.5. The van der Waals surface area contributed by atoms with E-state index >= 15 is 0 Å². The predicted molar refractivity (Wildman–Crippen MR) is 62.1 cm³/mol. The minimum absolute atomic E-state index is 0.0519. The Balaban J connectivity index is 2.23. The normalized spacial score (nSPS) is 18.6. The van der Waals surface area contributed by atoms with Crippen molar-refractivity contribution in [3.8, 4) is 0 Å². The quantitative estimate of drug-likeness (QED) is 0.687. The molecule has 1 unspecified atom stereocenters. The SMILES string of the molecule is COCC(CCO)NC(=O)CC1CCCC1. The second-order valence-corrected chi connectivity index (χ2v) is 4.59. The maximum atomic E-state index is 11.7. The summed E-state index contributed by atoms with van der Waals surface area (Å²) in [5.41, 5.74) is 0. The molecule has 2 N–H and O–H groups in total. The summed E-state index contributed by atoms with van der Waals surface area (Å²) in [6.45, 7) is 0.550. The van der Waals surface area contributed by atoms with Gasteiger partial charge in [-0.15, -0.1) is 0 Å². The molecule has 0 aromatic rings. The summed E-state index contributed by atoms with van der Waals surface area (Å²) in [5, 5.41) is 11.8. The topological polar surface area (TPSA) is 58.6 Å². The van der Waals surface area contributed by atoms with Crippen LogP contribution in [0.5, 0.6) is 0 Å². The maximum absolute atomic E-state index is 11.7. The highest BCUT2D eigenvalue weighted by atomic mass is 16.5. The second kappa shape index (κ2) is 7.63. The van der Waals surface area contributed by atoms with Crippen LogP contribution in [0.3, 0.4) is 0 Å². The fraction of sp³-hybridized carbons (Fsp3) is 0.917. The average molecular weight is 229 g/mol. The van der Waals surface area contributed by atoms with E-state index in [1.54, 1.807) is 7.11 Å². The Labute approximate surface area is 97.4 Å². The summed E-state index contributed by atoms with van der Waals surface area (Å²) >= 11 is 0. The van der Waals surface area contributed by atoms with Gasteiger partial charge in [0.2, 0.25) is 5.91 Å². The summed E-state index contributed by atoms with van der Waals surface area (Å²) in [6.07, 6.45) is 6.08. The number of carbonyl (C=O) groups is 1. The highest BCUT2D eigenvalue weighted by Crippen LogP contribution is 2.27. The Bertz CT molecular complexity index is 196. The summed E-state index contributed by atoms with van der Waals surface area (Å²) in [5.74, 6) is 0.666. The van der Waals surface area contributed by atoms with Gasteiger partial charge in [-0.1, -0.05) is 12.8 Å². The molecule has 1 rings (SSSR count). The van der Waals surface area contributed by atoms with Crippen molar-refractivity contribution in [2.75, 3.05) is 20.3 Å². The first-order chi connectivity index (χ1) is 7.76. The summed E-state index contributed by atoms with van der Waals surface area (Å²) in [4.78, 5) is 11.7. The molecule has 0 radical (unpaired) electrons. The molecule has 1 saturated carbocycles. The van der Waals surface area contributed by atoms with Crippen LogP contribution in [-0.2, 0) is 9.53 Å². The number of carbonyl (C=O) groups excluding carboxylic acids is 1. The monoisotopic (exact) mass is 229 g/mol. The van der Waals surface area contributed by atoms with E-state index in [1.807, 2.05) is 0 Å². The molecular weight excluding hydrogens is 206 g/mol. The Morgan fingerprint density at radius 2 is 2.19 bits per heavy atom. The number of aliphatic hydroxyl groups is 1. The lowest BCUT2D eigenvalue weighted by atomic mass is 10.0. The molecule has 1 aliphatic rings. The van der Waals surface area contributed by atoms with E-state index in [1.165, 1.54) is 25.7 Å². The van der Waals surface area contributed by atoms with Crippen LogP contribution >= 0.6 is 0 Å². The van der Waals surface area contributed by atoms with Crippen LogP contribution < -0.4 is 5.32 Å². The van der Waals surface area contributed by atoms with Gasteiger partial charge in [-0.2, -0.15) is 0 Å². The zero-order valence-corrected chi connectivity index (χ0v) is 10.1. The van der Waals surface area contributed by atoms with E-state index in [0.717, 1.165) is 0 Å². The van der Waals surface area contributed by atoms with Crippen molar-refractivity contribution in [3.63, 3.8) is 0 Å². The molecule has 1 fully saturated rings. The minimum Gasteiger partial charge on any atom is -0.396 e. The molecule has 0 spiro atoms. The molecule has 0 aliphatic heterocycles. The lowest BCUT2D eigenvalue weighted by Gasteiger charge is -2.18. The van der Waals surface area contributed by atoms with Crippen molar-refractivity contribution >= 4 is 5.91 Å². The van der Waals surface area contributed by atoms with E-state index in [-0.39, 0.29) is 18.6 Å². The van der Waals surface area contributed by atoms with Gasteiger partial charge < -0.3 is 15.2 Å². The Morgan fingerprint density at radius 3 is 2.75 bits per heavy atom. The fourth-order valence-corrected chi connectivity index (χ4v) is 2.32. The third kappa shape index (κ3) is 4.94. The number of nitrogens with one attached hydrogen (secondary N) is 1. The largest absolute Gasteiger partial charge is 0.396 e. The van der Waals surface area contributed by atoms with Crippen LogP contribution in [-0.4, -0.2) is 37.4 Å². The second-order valence-electron chi connectivity index (χ2n) is 4.59. The van der Waals surface area contributed by atoms with Gasteiger partial charge in [0.15, 0.2) is 0 Å². The summed E-state index contributed by atoms with van der Waals surface area (Å²) in [7, 11) is 1.60. The first-order valence-corrected chi connectivity index (χ1v) is 6.15. The van der Waals surface area contributed by atoms with Crippen LogP contribution in [0.4, 0.5) is 0 Å². The third-order valence-corrected chi connectivity index (χ3v) is 3.16. The molecule has 0 bridgehead atoms. The van der Waals surface area contributed by atoms with Crippen LogP contribution in [0.25, 0.3) is 0 Å². The van der Waals surface area contributed by atoms with Gasteiger partial charge in [-0.25, -0.2) is 0 Å². The average Bonchev–Trinajstić information content (AvgIpc) is 2.71. The number of methoxy groups -OCH3 is 1. The lowest BCUT2D eigenvalue weighted by Crippen LogP contribution is -2.39. The van der Waals surface area contributed by atoms with E-state index in [4.69, 9.17) is 9.84 Å². The van der Waals surface area contributed by atoms with Gasteiger partial charge in [0, 0.05) is 20.1 Å². The van der Waals surface area contributed by atoms with Crippen LogP contribution in [0, 0.1) is 5.92 Å². The number of rotatable bonds is 7. The number of amides is 1. The van der Waals surface area contributed by atoms with Crippen LogP contribution in [0.2, 0.25) is 0 Å². The van der Waals surface area contributed by atoms with Crippen molar-refractivity contribution in [2.24, 2.45) is 5.92 Å². The smallest absolute Gasteiger partial charge is 0.220 e. The van der Waals surface area contributed by atoms with Crippen molar-refractivity contribution in [1.29, 1.82) is 0 Å². The molecule has 0 heterocycles. The molecular formula is C12H23NO3. The summed E-state index contributed by atoms with van der Waals surface area (Å²) in [6, 6.07) is -0.0519. The molecule has 0 aromatic heterocycles. The van der Waals surface area contributed by atoms with E-state index in [9.17, 15) is 4.79 Å². The minimum atomic E-state index is -0.0519. The van der Waals surface area contributed by atoms with E-state index in [2.05, 4.69) is 5.32 Å². The molecule has 1 atom stereocenters. The van der Waals surface area contributed by atoms with Gasteiger partial charge in [-0.05, 0) is 25.2 Å². The molecule has 4 heteroatoms. The molecule has 1 aliphatic carbocycles. The van der Waals surface area contributed by atoms with Gasteiger partial charge in [0.05, 0.1) is 12.6 Å². The Hall–Kier alpha value is -0.610. The molecule has 0 aromatic carbocycles. The van der Waals surface area contributed by atoms with Gasteiger partial charge >= 0.3 is 0 Å². The highest BCUT2D eigenvalue weighted by molar-refractivity contribution is 5.76. The lowest BCUT2D eigenvalue weighted by molar-refractivity contribution is -0.123. The molecule has 4 nitrogen and oxygen atoms in total. The first-order valence-electron chi connectivity index (χ1n) is 6.15. The van der Waals surface area contributed by atoms with Crippen molar-refractivity contribution in [3.05, 3.63) is 0 Å². The zero-order chi connectivity index (χ0) is 11.8. The van der Waals surface area contributed by atoms with E-state index < -0.39 is 0 Å². The molecule has 16 heavy (non-hydrogen) atoms. The van der Waals surface area contributed by atoms with Crippen LogP contribution in [0.15, 0.2) is 0 Å². The van der Waals surface area contributed by atoms with Crippen molar-refractivity contribution in [2.45, 2.75) is 44.6 Å². The zero-order valence-electron chi connectivity index (χ0n) is 10.1. The van der Waals surface area contributed by atoms with Gasteiger partial charge in [-0.3, -0.25) is 4.79 Å². The standard InChI is InChI=1S/C12H23NO3/c1-16-9-11(6-7-14)13-12(15)8-10-4-2-3-5-10/h10-11,14H,2-9H2,1H3,(H,13,15). The van der Waals surface area contributed by atoms with Crippen molar-refractivity contribution in [1.82, 2.24) is 5.32 Å².